The van der Waals surface area contributed by atoms with Gasteiger partial charge in [-0.15, -0.1) is 0 Å². The molecule has 29 heavy (non-hydrogen) atoms. The summed E-state index contributed by atoms with van der Waals surface area (Å²) in [4.78, 5) is 11.5. The van der Waals surface area contributed by atoms with Gasteiger partial charge in [0.25, 0.3) is 0 Å². The van der Waals surface area contributed by atoms with Crippen molar-refractivity contribution in [3.05, 3.63) is 39.4 Å². The number of benzene rings is 1. The maximum Gasteiger partial charge on any atom is 0.153 e. The Labute approximate surface area is 181 Å². The van der Waals surface area contributed by atoms with Crippen LogP contribution in [0.1, 0.15) is 50.4 Å². The first-order valence-electron chi connectivity index (χ1n) is 10.2. The van der Waals surface area contributed by atoms with Gasteiger partial charge < -0.3 is 10.0 Å². The van der Waals surface area contributed by atoms with Crippen LogP contribution >= 0.6 is 23.2 Å². The summed E-state index contributed by atoms with van der Waals surface area (Å²) in [6.07, 6.45) is 6.25. The molecule has 156 valence electrons. The Morgan fingerprint density at radius 2 is 1.93 bits per heavy atom. The second kappa shape index (κ2) is 8.01. The van der Waals surface area contributed by atoms with Crippen molar-refractivity contribution >= 4 is 29.0 Å². The molecular formula is C22H26Cl2FN3O. The van der Waals surface area contributed by atoms with Crippen LogP contribution in [-0.4, -0.2) is 28.2 Å². The maximum atomic E-state index is 14.7. The molecule has 4 nitrogen and oxygen atoms in total. The van der Waals surface area contributed by atoms with E-state index < -0.39 is 5.82 Å². The summed E-state index contributed by atoms with van der Waals surface area (Å²) in [7, 11) is 0. The first-order chi connectivity index (χ1) is 13.9. The largest absolute Gasteiger partial charge is 0.390 e. The molecule has 1 N–H and O–H groups in total. The molecule has 1 saturated carbocycles. The molecule has 7 heteroatoms. The van der Waals surface area contributed by atoms with Gasteiger partial charge in [0.2, 0.25) is 0 Å². The molecule has 1 spiro atoms. The standard InChI is InChI=1S/C22H26Cl2FN3O/c1-13-4-3-7-22(13)8-10-28(11-9-22)21-17(12-29)27-20(14(2)26-21)15-5-6-16(23)18(24)19(15)25/h5-6,13,29H,3-4,7-12H2,1-2H3/t13-/m1/s1. The molecule has 0 bridgehead atoms. The molecule has 0 amide bonds. The number of anilines is 1. The van der Waals surface area contributed by atoms with Crippen LogP contribution in [0.5, 0.6) is 0 Å². The van der Waals surface area contributed by atoms with E-state index in [9.17, 15) is 9.50 Å². The van der Waals surface area contributed by atoms with Crippen molar-refractivity contribution in [2.75, 3.05) is 18.0 Å². The fourth-order valence-corrected chi connectivity index (χ4v) is 5.40. The van der Waals surface area contributed by atoms with Gasteiger partial charge in [-0.2, -0.15) is 0 Å². The van der Waals surface area contributed by atoms with Crippen LogP contribution in [0.2, 0.25) is 10.0 Å². The van der Waals surface area contributed by atoms with Crippen molar-refractivity contribution < 1.29 is 9.50 Å². The second-order valence-corrected chi connectivity index (χ2v) is 9.24. The van der Waals surface area contributed by atoms with E-state index >= 15 is 0 Å². The summed E-state index contributed by atoms with van der Waals surface area (Å²) in [5, 5.41) is 9.98. The van der Waals surface area contributed by atoms with Gasteiger partial charge in [-0.3, -0.25) is 0 Å². The Morgan fingerprint density at radius 1 is 1.21 bits per heavy atom. The lowest BCUT2D eigenvalue weighted by atomic mass is 9.71. The molecule has 2 aliphatic rings. The first kappa shape index (κ1) is 20.8. The number of hydrogen-bond acceptors (Lipinski definition) is 4. The third kappa shape index (κ3) is 3.62. The number of aryl methyl sites for hydroxylation is 1. The fourth-order valence-electron chi connectivity index (χ4n) is 5.08. The van der Waals surface area contributed by atoms with Crippen molar-refractivity contribution in [3.63, 3.8) is 0 Å². The zero-order chi connectivity index (χ0) is 20.8. The summed E-state index contributed by atoms with van der Waals surface area (Å²) in [6.45, 7) is 5.75. The van der Waals surface area contributed by atoms with Gasteiger partial charge in [0.15, 0.2) is 11.6 Å². The van der Waals surface area contributed by atoms with Gasteiger partial charge in [0, 0.05) is 18.7 Å². The smallest absolute Gasteiger partial charge is 0.153 e. The summed E-state index contributed by atoms with van der Waals surface area (Å²) < 4.78 is 14.7. The minimum absolute atomic E-state index is 0.132. The van der Waals surface area contributed by atoms with Gasteiger partial charge in [-0.05, 0) is 49.7 Å². The molecule has 2 fully saturated rings. The van der Waals surface area contributed by atoms with Gasteiger partial charge in [0.05, 0.1) is 28.0 Å². The van der Waals surface area contributed by atoms with Gasteiger partial charge in [-0.25, -0.2) is 14.4 Å². The highest BCUT2D eigenvalue weighted by Crippen LogP contribution is 2.50. The first-order valence-corrected chi connectivity index (χ1v) is 11.0. The molecule has 0 radical (unpaired) electrons. The average Bonchev–Trinajstić information content (AvgIpc) is 3.07. The van der Waals surface area contributed by atoms with Crippen LogP contribution in [0, 0.1) is 24.1 Å². The number of rotatable bonds is 3. The maximum absolute atomic E-state index is 14.7. The molecule has 2 heterocycles. The van der Waals surface area contributed by atoms with Crippen LogP contribution in [0.15, 0.2) is 12.1 Å². The molecule has 1 aliphatic heterocycles. The fraction of sp³-hybridized carbons (Fsp3) is 0.545. The van der Waals surface area contributed by atoms with Crippen molar-refractivity contribution in [1.29, 1.82) is 0 Å². The SMILES string of the molecule is Cc1nc(N2CCC3(CCC[C@H]3C)CC2)c(CO)nc1-c1ccc(Cl)c(Cl)c1F. The number of aliphatic hydroxyl groups excluding tert-OH is 1. The lowest BCUT2D eigenvalue weighted by Gasteiger charge is -2.43. The van der Waals surface area contributed by atoms with Crippen molar-refractivity contribution in [2.45, 2.75) is 52.6 Å². The Kier molecular flexibility index (Phi) is 5.75. The highest BCUT2D eigenvalue weighted by molar-refractivity contribution is 6.42. The summed E-state index contributed by atoms with van der Waals surface area (Å²) >= 11 is 11.9. The number of piperidine rings is 1. The molecule has 1 atom stereocenters. The lowest BCUT2D eigenvalue weighted by molar-refractivity contribution is 0.161. The Bertz CT molecular complexity index is 929. The van der Waals surface area contributed by atoms with Crippen LogP contribution in [-0.2, 0) is 6.61 Å². The topological polar surface area (TPSA) is 49.2 Å². The number of aliphatic hydroxyl groups is 1. The normalized spacial score (nSPS) is 21.2. The monoisotopic (exact) mass is 437 g/mol. The van der Waals surface area contributed by atoms with Crippen LogP contribution in [0.4, 0.5) is 10.2 Å². The molecular weight excluding hydrogens is 412 g/mol. The highest BCUT2D eigenvalue weighted by Gasteiger charge is 2.42. The number of halogens is 3. The van der Waals surface area contributed by atoms with Gasteiger partial charge in [-0.1, -0.05) is 43.0 Å². The molecule has 1 saturated heterocycles. The van der Waals surface area contributed by atoms with Crippen LogP contribution < -0.4 is 4.90 Å². The lowest BCUT2D eigenvalue weighted by Crippen LogP contribution is -2.42. The summed E-state index contributed by atoms with van der Waals surface area (Å²) in [5.74, 6) is 0.854. The molecule has 1 aromatic carbocycles. The Hall–Kier alpha value is -1.43. The van der Waals surface area contributed by atoms with E-state index in [0.29, 0.717) is 28.3 Å². The van der Waals surface area contributed by atoms with Crippen molar-refractivity contribution in [1.82, 2.24) is 9.97 Å². The molecule has 0 unspecified atom stereocenters. The zero-order valence-electron chi connectivity index (χ0n) is 16.8. The predicted molar refractivity (Wildman–Crippen MR) is 115 cm³/mol. The molecule has 1 aliphatic carbocycles. The van der Waals surface area contributed by atoms with Crippen molar-refractivity contribution in [2.24, 2.45) is 11.3 Å². The molecule has 2 aromatic rings. The van der Waals surface area contributed by atoms with Crippen LogP contribution in [0.3, 0.4) is 0 Å². The van der Waals surface area contributed by atoms with Gasteiger partial charge in [0.1, 0.15) is 5.69 Å². The van der Waals surface area contributed by atoms with E-state index in [-0.39, 0.29) is 22.2 Å². The van der Waals surface area contributed by atoms with E-state index in [0.717, 1.165) is 31.8 Å². The zero-order valence-corrected chi connectivity index (χ0v) is 18.3. The predicted octanol–water partition coefficient (Wildman–Crippen LogP) is 5.80. The third-order valence-electron chi connectivity index (χ3n) is 6.98. The molecule has 4 rings (SSSR count). The number of hydrogen-bond donors (Lipinski definition) is 1. The van der Waals surface area contributed by atoms with Crippen LogP contribution in [0.25, 0.3) is 11.3 Å². The minimum atomic E-state index is -0.622. The quantitative estimate of drug-likeness (QED) is 0.616. The van der Waals surface area contributed by atoms with E-state index in [2.05, 4.69) is 16.8 Å². The highest BCUT2D eigenvalue weighted by atomic mass is 35.5. The van der Waals surface area contributed by atoms with Crippen molar-refractivity contribution in [3.8, 4) is 11.3 Å². The third-order valence-corrected chi connectivity index (χ3v) is 7.76. The van der Waals surface area contributed by atoms with E-state index in [1.54, 1.807) is 19.1 Å². The number of aromatic nitrogens is 2. The number of nitrogens with zero attached hydrogens (tertiary/aromatic N) is 3. The molecule has 1 aromatic heterocycles. The Balaban J connectivity index is 1.65. The minimum Gasteiger partial charge on any atom is -0.390 e. The Morgan fingerprint density at radius 3 is 2.55 bits per heavy atom. The van der Waals surface area contributed by atoms with E-state index in [1.807, 2.05) is 0 Å². The summed E-state index contributed by atoms with van der Waals surface area (Å²) in [6, 6.07) is 3.09. The average molecular weight is 438 g/mol. The van der Waals surface area contributed by atoms with Gasteiger partial charge >= 0.3 is 0 Å². The summed E-state index contributed by atoms with van der Waals surface area (Å²) in [5.41, 5.74) is 2.15. The second-order valence-electron chi connectivity index (χ2n) is 8.45. The van der Waals surface area contributed by atoms with E-state index in [4.69, 9.17) is 28.2 Å². The van der Waals surface area contributed by atoms with E-state index in [1.165, 1.54) is 19.3 Å².